The Bertz CT molecular complexity index is 459. The van der Waals surface area contributed by atoms with Crippen LogP contribution >= 0.6 is 11.3 Å². The van der Waals surface area contributed by atoms with Crippen LogP contribution in [0.5, 0.6) is 5.75 Å². The van der Waals surface area contributed by atoms with Crippen molar-refractivity contribution in [1.82, 2.24) is 0 Å². The van der Waals surface area contributed by atoms with E-state index in [-0.39, 0.29) is 6.10 Å². The van der Waals surface area contributed by atoms with E-state index in [0.29, 0.717) is 29.5 Å². The molecule has 1 aromatic heterocycles. The van der Waals surface area contributed by atoms with Gasteiger partial charge in [-0.1, -0.05) is 0 Å². The standard InChI is InChI=1S/C12H17N3O2S/c1-8(2)17-11-10(14)9(7-13)18-12(11)15-3-5-16-6-4-15/h8H,3-6,14H2,1-2H3. The quantitative estimate of drug-likeness (QED) is 0.904. The predicted molar refractivity (Wildman–Crippen MR) is 72.2 cm³/mol. The summed E-state index contributed by atoms with van der Waals surface area (Å²) in [6.07, 6.45) is 0.0354. The molecule has 0 bridgehead atoms. The van der Waals surface area contributed by atoms with E-state index in [1.54, 1.807) is 0 Å². The maximum absolute atomic E-state index is 9.07. The van der Waals surface area contributed by atoms with Crippen molar-refractivity contribution in [2.24, 2.45) is 0 Å². The Hall–Kier alpha value is -1.45. The summed E-state index contributed by atoms with van der Waals surface area (Å²) in [5.41, 5.74) is 6.43. The van der Waals surface area contributed by atoms with Crippen molar-refractivity contribution in [2.75, 3.05) is 36.9 Å². The zero-order valence-electron chi connectivity index (χ0n) is 10.6. The van der Waals surface area contributed by atoms with E-state index in [4.69, 9.17) is 20.5 Å². The van der Waals surface area contributed by atoms with Gasteiger partial charge in [0, 0.05) is 13.1 Å². The first kappa shape index (κ1) is 13.0. The molecular formula is C12H17N3O2S. The molecule has 0 amide bonds. The second kappa shape index (κ2) is 5.46. The zero-order valence-corrected chi connectivity index (χ0v) is 11.4. The Morgan fingerprint density at radius 1 is 1.44 bits per heavy atom. The predicted octanol–water partition coefficient (Wildman–Crippen LogP) is 1.83. The number of rotatable bonds is 3. The first-order valence-electron chi connectivity index (χ1n) is 5.95. The second-order valence-electron chi connectivity index (χ2n) is 4.36. The van der Waals surface area contributed by atoms with E-state index in [1.165, 1.54) is 11.3 Å². The number of morpholine rings is 1. The molecule has 1 aliphatic heterocycles. The van der Waals surface area contributed by atoms with Gasteiger partial charge in [0.05, 0.1) is 19.3 Å². The van der Waals surface area contributed by atoms with Crippen molar-refractivity contribution in [3.8, 4) is 11.8 Å². The number of thiophene rings is 1. The lowest BCUT2D eigenvalue weighted by Gasteiger charge is -2.28. The van der Waals surface area contributed by atoms with Crippen LogP contribution in [0.2, 0.25) is 0 Å². The summed E-state index contributed by atoms with van der Waals surface area (Å²) < 4.78 is 11.1. The largest absolute Gasteiger partial charge is 0.486 e. The van der Waals surface area contributed by atoms with Crippen molar-refractivity contribution in [3.63, 3.8) is 0 Å². The fraction of sp³-hybridized carbons (Fsp3) is 0.583. The van der Waals surface area contributed by atoms with Crippen LogP contribution in [-0.4, -0.2) is 32.4 Å². The molecule has 18 heavy (non-hydrogen) atoms. The molecule has 6 heteroatoms. The highest BCUT2D eigenvalue weighted by molar-refractivity contribution is 7.17. The smallest absolute Gasteiger partial charge is 0.178 e. The summed E-state index contributed by atoms with van der Waals surface area (Å²) in [5.74, 6) is 0.647. The summed E-state index contributed by atoms with van der Waals surface area (Å²) in [4.78, 5) is 2.69. The number of hydrogen-bond donors (Lipinski definition) is 1. The summed E-state index contributed by atoms with van der Waals surface area (Å²) in [6, 6.07) is 2.12. The van der Waals surface area contributed by atoms with Crippen molar-refractivity contribution in [3.05, 3.63) is 4.88 Å². The van der Waals surface area contributed by atoms with Crippen molar-refractivity contribution < 1.29 is 9.47 Å². The average Bonchev–Trinajstić information content (AvgIpc) is 2.67. The average molecular weight is 267 g/mol. The van der Waals surface area contributed by atoms with E-state index in [9.17, 15) is 0 Å². The summed E-state index contributed by atoms with van der Waals surface area (Å²) in [7, 11) is 0. The molecule has 0 saturated carbocycles. The van der Waals surface area contributed by atoms with Gasteiger partial charge in [-0.3, -0.25) is 0 Å². The topological polar surface area (TPSA) is 71.5 Å². The Morgan fingerprint density at radius 2 is 2.11 bits per heavy atom. The molecule has 2 N–H and O–H groups in total. The number of nitriles is 1. The zero-order chi connectivity index (χ0) is 13.1. The van der Waals surface area contributed by atoms with E-state index < -0.39 is 0 Å². The molecule has 1 aromatic rings. The first-order chi connectivity index (χ1) is 8.63. The third kappa shape index (κ3) is 2.52. The minimum absolute atomic E-state index is 0.0354. The maximum atomic E-state index is 9.07. The van der Waals surface area contributed by atoms with Gasteiger partial charge in [-0.05, 0) is 13.8 Å². The molecular weight excluding hydrogens is 250 g/mol. The van der Waals surface area contributed by atoms with Gasteiger partial charge in [-0.15, -0.1) is 11.3 Å². The normalized spacial score (nSPS) is 15.8. The number of ether oxygens (including phenoxy) is 2. The lowest BCUT2D eigenvalue weighted by molar-refractivity contribution is 0.122. The molecule has 98 valence electrons. The Labute approximate surface area is 111 Å². The molecule has 1 aliphatic rings. The third-order valence-electron chi connectivity index (χ3n) is 2.64. The number of nitrogens with zero attached hydrogens (tertiary/aromatic N) is 2. The molecule has 0 unspecified atom stereocenters. The summed E-state index contributed by atoms with van der Waals surface area (Å²) in [6.45, 7) is 6.90. The fourth-order valence-electron chi connectivity index (χ4n) is 1.82. The van der Waals surface area contributed by atoms with Crippen molar-refractivity contribution in [2.45, 2.75) is 20.0 Å². The molecule has 0 aromatic carbocycles. The van der Waals surface area contributed by atoms with Crippen LogP contribution in [0, 0.1) is 11.3 Å². The van der Waals surface area contributed by atoms with Crippen LogP contribution in [0.3, 0.4) is 0 Å². The lowest BCUT2D eigenvalue weighted by atomic mass is 10.3. The van der Waals surface area contributed by atoms with Crippen LogP contribution in [0.4, 0.5) is 10.7 Å². The maximum Gasteiger partial charge on any atom is 0.178 e. The van der Waals surface area contributed by atoms with Crippen LogP contribution < -0.4 is 15.4 Å². The highest BCUT2D eigenvalue weighted by Gasteiger charge is 2.24. The van der Waals surface area contributed by atoms with Gasteiger partial charge in [0.1, 0.15) is 21.6 Å². The van der Waals surface area contributed by atoms with E-state index in [2.05, 4.69) is 11.0 Å². The van der Waals surface area contributed by atoms with Gasteiger partial charge in [-0.2, -0.15) is 5.26 Å². The molecule has 1 saturated heterocycles. The Morgan fingerprint density at radius 3 is 2.67 bits per heavy atom. The van der Waals surface area contributed by atoms with Crippen LogP contribution in [0.25, 0.3) is 0 Å². The van der Waals surface area contributed by atoms with Gasteiger partial charge in [0.15, 0.2) is 5.75 Å². The van der Waals surface area contributed by atoms with Crippen LogP contribution in [0.15, 0.2) is 0 Å². The first-order valence-corrected chi connectivity index (χ1v) is 6.76. The van der Waals surface area contributed by atoms with Gasteiger partial charge < -0.3 is 20.1 Å². The van der Waals surface area contributed by atoms with E-state index in [1.807, 2.05) is 13.8 Å². The summed E-state index contributed by atoms with van der Waals surface area (Å²) >= 11 is 1.39. The lowest BCUT2D eigenvalue weighted by Crippen LogP contribution is -2.36. The molecule has 5 nitrogen and oxygen atoms in total. The van der Waals surface area contributed by atoms with Gasteiger partial charge in [-0.25, -0.2) is 0 Å². The van der Waals surface area contributed by atoms with Crippen LogP contribution in [-0.2, 0) is 4.74 Å². The number of nitrogens with two attached hydrogens (primary N) is 1. The van der Waals surface area contributed by atoms with Gasteiger partial charge in [0.2, 0.25) is 0 Å². The van der Waals surface area contributed by atoms with Crippen LogP contribution in [0.1, 0.15) is 18.7 Å². The highest BCUT2D eigenvalue weighted by atomic mass is 32.1. The monoisotopic (exact) mass is 267 g/mol. The molecule has 0 radical (unpaired) electrons. The molecule has 2 heterocycles. The minimum Gasteiger partial charge on any atom is -0.486 e. The summed E-state index contributed by atoms with van der Waals surface area (Å²) in [5, 5.41) is 10.0. The van der Waals surface area contributed by atoms with Gasteiger partial charge >= 0.3 is 0 Å². The molecule has 2 rings (SSSR count). The Balaban J connectivity index is 2.35. The SMILES string of the molecule is CC(C)Oc1c(N2CCOCC2)sc(C#N)c1N. The number of nitrogen functional groups attached to an aromatic ring is 1. The third-order valence-corrected chi connectivity index (χ3v) is 3.79. The molecule has 0 atom stereocenters. The fourth-order valence-corrected chi connectivity index (χ4v) is 2.83. The van der Waals surface area contributed by atoms with E-state index >= 15 is 0 Å². The molecule has 0 spiro atoms. The highest BCUT2D eigenvalue weighted by Crippen LogP contribution is 2.45. The van der Waals surface area contributed by atoms with Crippen molar-refractivity contribution >= 4 is 22.0 Å². The Kier molecular flexibility index (Phi) is 3.94. The molecule has 0 aliphatic carbocycles. The molecule has 1 fully saturated rings. The minimum atomic E-state index is 0.0354. The van der Waals surface area contributed by atoms with Crippen molar-refractivity contribution in [1.29, 1.82) is 5.26 Å². The van der Waals surface area contributed by atoms with Gasteiger partial charge in [0.25, 0.3) is 0 Å². The van der Waals surface area contributed by atoms with E-state index in [0.717, 1.165) is 18.1 Å². The second-order valence-corrected chi connectivity index (χ2v) is 5.36. The number of hydrogen-bond acceptors (Lipinski definition) is 6. The number of anilines is 2.